The van der Waals surface area contributed by atoms with Crippen LogP contribution in [0.4, 0.5) is 4.79 Å². The number of nitrogens with one attached hydrogen (secondary N) is 2. The van der Waals surface area contributed by atoms with Gasteiger partial charge in [0.1, 0.15) is 5.82 Å². The summed E-state index contributed by atoms with van der Waals surface area (Å²) in [5.74, 6) is 0.0766. The monoisotopic (exact) mass is 365 g/mol. The van der Waals surface area contributed by atoms with Gasteiger partial charge in [-0.05, 0) is 24.5 Å². The molecule has 0 unspecified atom stereocenters. The van der Waals surface area contributed by atoms with Crippen LogP contribution < -0.4 is 16.0 Å². The Kier molecular flexibility index (Phi) is 4.73. The Morgan fingerprint density at radius 3 is 2.92 bits per heavy atom. The maximum atomic E-state index is 12.2. The number of nitrogens with two attached hydrogens (primary N) is 1. The Labute approximate surface area is 144 Å². The number of para-hydroxylation sites is 1. The molecule has 4 N–H and O–H groups in total. The zero-order valence-corrected chi connectivity index (χ0v) is 14.3. The van der Waals surface area contributed by atoms with Crippen molar-refractivity contribution in [2.24, 2.45) is 11.1 Å². The molecule has 10 heteroatoms. The normalized spacial score (nSPS) is 17.8. The predicted molar refractivity (Wildman–Crippen MR) is 92.3 cm³/mol. The number of sulfonamides is 1. The minimum absolute atomic E-state index is 0.0786. The molecule has 1 aromatic carbocycles. The van der Waals surface area contributed by atoms with E-state index in [0.717, 1.165) is 0 Å². The van der Waals surface area contributed by atoms with Crippen molar-refractivity contribution in [3.8, 4) is 0 Å². The quantitative estimate of drug-likeness (QED) is 0.685. The molecule has 1 aromatic heterocycles. The van der Waals surface area contributed by atoms with Gasteiger partial charge in [-0.1, -0.05) is 12.1 Å². The van der Waals surface area contributed by atoms with Crippen LogP contribution in [0.3, 0.4) is 0 Å². The van der Waals surface area contributed by atoms with Gasteiger partial charge in [-0.2, -0.15) is 0 Å². The number of aromatic nitrogens is 2. The predicted octanol–water partition coefficient (Wildman–Crippen LogP) is -0.257. The van der Waals surface area contributed by atoms with Crippen LogP contribution in [0.2, 0.25) is 0 Å². The van der Waals surface area contributed by atoms with Gasteiger partial charge in [0.25, 0.3) is 5.56 Å². The van der Waals surface area contributed by atoms with E-state index in [1.54, 1.807) is 24.3 Å². The van der Waals surface area contributed by atoms with Gasteiger partial charge in [-0.25, -0.2) is 23.3 Å². The number of rotatable bonds is 4. The number of H-pyrrole nitrogens is 1. The first-order chi connectivity index (χ1) is 11.8. The fourth-order valence-corrected chi connectivity index (χ4v) is 3.90. The number of nitrogens with zero attached hydrogens (tertiary/aromatic N) is 2. The number of carbonyl (C=O) groups excluding carboxylic acids is 1. The fourth-order valence-electron chi connectivity index (χ4n) is 2.97. The molecule has 2 aromatic rings. The molecule has 2 amide bonds. The highest BCUT2D eigenvalue weighted by atomic mass is 32.2. The molecular weight excluding hydrogens is 346 g/mol. The van der Waals surface area contributed by atoms with Crippen molar-refractivity contribution in [2.45, 2.75) is 13.0 Å². The highest BCUT2D eigenvalue weighted by Gasteiger charge is 2.28. The van der Waals surface area contributed by atoms with Gasteiger partial charge >= 0.3 is 6.03 Å². The second kappa shape index (κ2) is 6.81. The van der Waals surface area contributed by atoms with E-state index in [1.165, 1.54) is 4.90 Å². The average Bonchev–Trinajstić information content (AvgIpc) is 2.99. The van der Waals surface area contributed by atoms with Crippen molar-refractivity contribution in [3.05, 3.63) is 40.4 Å². The lowest BCUT2D eigenvalue weighted by atomic mass is 10.2. The molecule has 1 saturated heterocycles. The zero-order chi connectivity index (χ0) is 18.0. The number of amides is 2. The van der Waals surface area contributed by atoms with Crippen molar-refractivity contribution in [1.82, 2.24) is 20.2 Å². The Bertz CT molecular complexity index is 956. The third-order valence-corrected chi connectivity index (χ3v) is 5.05. The molecule has 134 valence electrons. The maximum absolute atomic E-state index is 12.2. The summed E-state index contributed by atoms with van der Waals surface area (Å²) in [6.07, 6.45) is 0.592. The van der Waals surface area contributed by atoms with Gasteiger partial charge in [0.15, 0.2) is 0 Å². The van der Waals surface area contributed by atoms with Crippen LogP contribution in [0, 0.1) is 5.92 Å². The van der Waals surface area contributed by atoms with E-state index in [9.17, 15) is 18.0 Å². The van der Waals surface area contributed by atoms with Gasteiger partial charge < -0.3 is 15.2 Å². The van der Waals surface area contributed by atoms with Gasteiger partial charge in [-0.3, -0.25) is 4.79 Å². The Balaban J connectivity index is 1.61. The van der Waals surface area contributed by atoms with Crippen molar-refractivity contribution in [2.75, 3.05) is 18.8 Å². The Morgan fingerprint density at radius 1 is 1.40 bits per heavy atom. The van der Waals surface area contributed by atoms with E-state index < -0.39 is 10.0 Å². The molecule has 0 saturated carbocycles. The van der Waals surface area contributed by atoms with Crippen LogP contribution in [-0.4, -0.2) is 48.2 Å². The first-order valence-electron chi connectivity index (χ1n) is 7.83. The SMILES string of the molecule is NS(=O)(=O)C[C@H]1CCN(C(=O)NCc2nc3ccccc3c(=O)[nH]2)C1. The van der Waals surface area contributed by atoms with Crippen molar-refractivity contribution in [3.63, 3.8) is 0 Å². The number of benzene rings is 1. The molecule has 0 bridgehead atoms. The molecular formula is C15H19N5O4S. The lowest BCUT2D eigenvalue weighted by molar-refractivity contribution is 0.206. The van der Waals surface area contributed by atoms with Crippen LogP contribution in [0.25, 0.3) is 10.9 Å². The smallest absolute Gasteiger partial charge is 0.317 e. The molecule has 25 heavy (non-hydrogen) atoms. The minimum Gasteiger partial charge on any atom is -0.331 e. The average molecular weight is 365 g/mol. The van der Waals surface area contributed by atoms with Crippen LogP contribution in [0.1, 0.15) is 12.2 Å². The van der Waals surface area contributed by atoms with Crippen molar-refractivity contribution < 1.29 is 13.2 Å². The van der Waals surface area contributed by atoms with Crippen molar-refractivity contribution in [1.29, 1.82) is 0 Å². The summed E-state index contributed by atoms with van der Waals surface area (Å²) >= 11 is 0. The number of fused-ring (bicyclic) bond motifs is 1. The first-order valence-corrected chi connectivity index (χ1v) is 9.54. The Hall–Kier alpha value is -2.46. The van der Waals surface area contributed by atoms with Gasteiger partial charge in [0.05, 0.1) is 23.2 Å². The molecule has 2 heterocycles. The number of hydrogen-bond acceptors (Lipinski definition) is 5. The largest absolute Gasteiger partial charge is 0.331 e. The summed E-state index contributed by atoms with van der Waals surface area (Å²) in [6, 6.07) is 6.62. The second-order valence-corrected chi connectivity index (χ2v) is 7.78. The van der Waals surface area contributed by atoms with E-state index >= 15 is 0 Å². The summed E-state index contributed by atoms with van der Waals surface area (Å²) in [4.78, 5) is 32.7. The molecule has 9 nitrogen and oxygen atoms in total. The summed E-state index contributed by atoms with van der Waals surface area (Å²) in [5, 5.41) is 8.22. The van der Waals surface area contributed by atoms with Gasteiger partial charge in [0.2, 0.25) is 10.0 Å². The Morgan fingerprint density at radius 2 is 2.16 bits per heavy atom. The standard InChI is InChI=1S/C15H19N5O4S/c16-25(23,24)9-10-5-6-20(8-10)15(22)17-7-13-18-12-4-2-1-3-11(12)14(21)19-13/h1-4,10H,5-9H2,(H,17,22)(H2,16,23,24)(H,18,19,21)/t10-/m0/s1. The molecule has 0 spiro atoms. The molecule has 1 aliphatic rings. The van der Waals surface area contributed by atoms with Crippen LogP contribution in [-0.2, 0) is 16.6 Å². The summed E-state index contributed by atoms with van der Waals surface area (Å²) in [5.41, 5.74) is 0.300. The zero-order valence-electron chi connectivity index (χ0n) is 13.4. The van der Waals surface area contributed by atoms with Gasteiger partial charge in [0, 0.05) is 13.1 Å². The summed E-state index contributed by atoms with van der Waals surface area (Å²) in [7, 11) is -3.55. The maximum Gasteiger partial charge on any atom is 0.317 e. The first kappa shape index (κ1) is 17.4. The van der Waals surface area contributed by atoms with E-state index in [0.29, 0.717) is 36.2 Å². The van der Waals surface area contributed by atoms with Crippen LogP contribution >= 0.6 is 0 Å². The van der Waals surface area contributed by atoms with E-state index in [-0.39, 0.29) is 29.8 Å². The molecule has 1 fully saturated rings. The van der Waals surface area contributed by atoms with Gasteiger partial charge in [-0.15, -0.1) is 0 Å². The third-order valence-electron chi connectivity index (χ3n) is 4.11. The molecule has 1 aliphatic heterocycles. The molecule has 0 radical (unpaired) electrons. The number of hydrogen-bond donors (Lipinski definition) is 3. The third kappa shape index (κ3) is 4.34. The molecule has 1 atom stereocenters. The van der Waals surface area contributed by atoms with E-state index in [2.05, 4.69) is 15.3 Å². The lowest BCUT2D eigenvalue weighted by Gasteiger charge is -2.17. The number of primary sulfonamides is 1. The minimum atomic E-state index is -3.55. The molecule has 3 rings (SSSR count). The van der Waals surface area contributed by atoms with E-state index in [4.69, 9.17) is 5.14 Å². The van der Waals surface area contributed by atoms with Crippen LogP contribution in [0.15, 0.2) is 29.1 Å². The summed E-state index contributed by atoms with van der Waals surface area (Å²) < 4.78 is 22.3. The summed E-state index contributed by atoms with van der Waals surface area (Å²) in [6.45, 7) is 0.882. The topological polar surface area (TPSA) is 138 Å². The van der Waals surface area contributed by atoms with Crippen LogP contribution in [0.5, 0.6) is 0 Å². The van der Waals surface area contributed by atoms with Crippen molar-refractivity contribution >= 4 is 27.0 Å². The fraction of sp³-hybridized carbons (Fsp3) is 0.400. The lowest BCUT2D eigenvalue weighted by Crippen LogP contribution is -2.39. The number of likely N-dealkylation sites (tertiary alicyclic amines) is 1. The molecule has 0 aliphatic carbocycles. The second-order valence-electron chi connectivity index (χ2n) is 6.12. The number of aromatic amines is 1. The highest BCUT2D eigenvalue weighted by molar-refractivity contribution is 7.89. The number of urea groups is 1. The highest BCUT2D eigenvalue weighted by Crippen LogP contribution is 2.17. The van der Waals surface area contributed by atoms with E-state index in [1.807, 2.05) is 0 Å². The number of carbonyl (C=O) groups is 1.